The molecule has 4 heteroatoms. The lowest BCUT2D eigenvalue weighted by Gasteiger charge is -2.13. The van der Waals surface area contributed by atoms with E-state index in [2.05, 4.69) is 0 Å². The van der Waals surface area contributed by atoms with Crippen LogP contribution >= 0.6 is 11.6 Å². The Labute approximate surface area is 123 Å². The van der Waals surface area contributed by atoms with Crippen LogP contribution in [0.4, 0.5) is 0 Å². The van der Waals surface area contributed by atoms with Crippen LogP contribution in [0, 0.1) is 0 Å². The van der Waals surface area contributed by atoms with E-state index in [0.29, 0.717) is 17.4 Å². The third-order valence-corrected chi connectivity index (χ3v) is 3.00. The first kappa shape index (κ1) is 14.9. The van der Waals surface area contributed by atoms with Crippen LogP contribution in [-0.2, 0) is 11.3 Å². The van der Waals surface area contributed by atoms with Crippen molar-refractivity contribution in [2.45, 2.75) is 12.7 Å². The molecule has 106 valence electrons. The van der Waals surface area contributed by atoms with Crippen LogP contribution < -0.4 is 4.74 Å². The van der Waals surface area contributed by atoms with Crippen LogP contribution in [0.3, 0.4) is 0 Å². The highest BCUT2D eigenvalue weighted by Crippen LogP contribution is 2.23. The number of aliphatic hydroxyl groups excluding tert-OH is 1. The molecule has 0 fully saturated rings. The molecule has 3 nitrogen and oxygen atoms in total. The van der Waals surface area contributed by atoms with Gasteiger partial charge in [0.15, 0.2) is 0 Å². The van der Waals surface area contributed by atoms with Gasteiger partial charge in [-0.05, 0) is 17.7 Å². The summed E-state index contributed by atoms with van der Waals surface area (Å²) >= 11 is 5.95. The number of hydrogen-bond donors (Lipinski definition) is 1. The van der Waals surface area contributed by atoms with E-state index < -0.39 is 6.10 Å². The van der Waals surface area contributed by atoms with Gasteiger partial charge in [0.2, 0.25) is 0 Å². The van der Waals surface area contributed by atoms with E-state index in [9.17, 15) is 5.11 Å². The number of hydrogen-bond acceptors (Lipinski definition) is 3. The fraction of sp³-hybridized carbons (Fsp3) is 0.250. The van der Waals surface area contributed by atoms with Crippen LogP contribution in [0.2, 0.25) is 5.02 Å². The van der Waals surface area contributed by atoms with Crippen molar-refractivity contribution in [2.24, 2.45) is 0 Å². The average Bonchev–Trinajstić information content (AvgIpc) is 2.47. The second-order valence-corrected chi connectivity index (χ2v) is 4.80. The van der Waals surface area contributed by atoms with Gasteiger partial charge in [0, 0.05) is 0 Å². The molecule has 1 atom stereocenters. The Bertz CT molecular complexity index is 516. The number of ether oxygens (including phenoxy) is 2. The van der Waals surface area contributed by atoms with Crippen molar-refractivity contribution in [2.75, 3.05) is 13.2 Å². The van der Waals surface area contributed by atoms with Crippen LogP contribution in [0.25, 0.3) is 0 Å². The van der Waals surface area contributed by atoms with Crippen molar-refractivity contribution in [3.8, 4) is 5.75 Å². The molecule has 0 aliphatic heterocycles. The molecule has 0 amide bonds. The maximum absolute atomic E-state index is 9.79. The predicted molar refractivity (Wildman–Crippen MR) is 79.1 cm³/mol. The summed E-state index contributed by atoms with van der Waals surface area (Å²) in [5.74, 6) is 0.566. The normalized spacial score (nSPS) is 12.1. The highest BCUT2D eigenvalue weighted by molar-refractivity contribution is 6.32. The Morgan fingerprint density at radius 3 is 2.40 bits per heavy atom. The first-order chi connectivity index (χ1) is 9.75. The molecule has 2 rings (SSSR count). The van der Waals surface area contributed by atoms with Crippen LogP contribution in [0.1, 0.15) is 5.56 Å². The molecule has 2 aromatic rings. The van der Waals surface area contributed by atoms with E-state index in [0.717, 1.165) is 5.56 Å². The third kappa shape index (κ3) is 4.85. The largest absolute Gasteiger partial charge is 0.489 e. The highest BCUT2D eigenvalue weighted by atomic mass is 35.5. The van der Waals surface area contributed by atoms with E-state index in [4.69, 9.17) is 21.1 Å². The first-order valence-corrected chi connectivity index (χ1v) is 6.80. The minimum Gasteiger partial charge on any atom is -0.489 e. The minimum atomic E-state index is -0.685. The minimum absolute atomic E-state index is 0.151. The van der Waals surface area contributed by atoms with Gasteiger partial charge in [0.25, 0.3) is 0 Å². The Kier molecular flexibility index (Phi) is 5.87. The van der Waals surface area contributed by atoms with Gasteiger partial charge in [-0.1, -0.05) is 54.1 Å². The Hall–Kier alpha value is -1.55. The molecule has 2 aromatic carbocycles. The fourth-order valence-corrected chi connectivity index (χ4v) is 1.87. The van der Waals surface area contributed by atoms with E-state index in [1.165, 1.54) is 0 Å². The van der Waals surface area contributed by atoms with Crippen LogP contribution in [0.15, 0.2) is 54.6 Å². The van der Waals surface area contributed by atoms with Crippen molar-refractivity contribution in [3.63, 3.8) is 0 Å². The van der Waals surface area contributed by atoms with Crippen molar-refractivity contribution >= 4 is 11.6 Å². The lowest BCUT2D eigenvalue weighted by atomic mass is 10.2. The first-order valence-electron chi connectivity index (χ1n) is 6.43. The zero-order valence-electron chi connectivity index (χ0n) is 11.0. The summed E-state index contributed by atoms with van der Waals surface area (Å²) in [6, 6.07) is 17.0. The summed E-state index contributed by atoms with van der Waals surface area (Å²) in [6.07, 6.45) is -0.685. The van der Waals surface area contributed by atoms with Gasteiger partial charge in [-0.2, -0.15) is 0 Å². The third-order valence-electron chi connectivity index (χ3n) is 2.69. The molecule has 0 spiro atoms. The molecular formula is C16H17ClO3. The van der Waals surface area contributed by atoms with Crippen LogP contribution in [0.5, 0.6) is 5.75 Å². The summed E-state index contributed by atoms with van der Waals surface area (Å²) in [5.41, 5.74) is 1.08. The number of halogens is 1. The van der Waals surface area contributed by atoms with Gasteiger partial charge in [0.05, 0.1) is 18.2 Å². The molecule has 0 saturated carbocycles. The Morgan fingerprint density at radius 1 is 0.950 bits per heavy atom. The number of rotatable bonds is 7. The smallest absolute Gasteiger partial charge is 0.138 e. The molecular weight excluding hydrogens is 276 g/mol. The van der Waals surface area contributed by atoms with E-state index in [1.807, 2.05) is 42.5 Å². The zero-order valence-corrected chi connectivity index (χ0v) is 11.8. The Balaban J connectivity index is 1.68. The summed E-state index contributed by atoms with van der Waals surface area (Å²) in [6.45, 7) is 0.849. The monoisotopic (exact) mass is 292 g/mol. The van der Waals surface area contributed by atoms with Gasteiger partial charge in [0.1, 0.15) is 18.5 Å². The van der Waals surface area contributed by atoms with E-state index >= 15 is 0 Å². The lowest BCUT2D eigenvalue weighted by Crippen LogP contribution is -2.23. The predicted octanol–water partition coefficient (Wildman–Crippen LogP) is 3.30. The van der Waals surface area contributed by atoms with Crippen molar-refractivity contribution < 1.29 is 14.6 Å². The molecule has 0 bridgehead atoms. The van der Waals surface area contributed by atoms with E-state index in [1.54, 1.807) is 12.1 Å². The average molecular weight is 293 g/mol. The molecule has 0 saturated heterocycles. The Morgan fingerprint density at radius 2 is 1.65 bits per heavy atom. The summed E-state index contributed by atoms with van der Waals surface area (Å²) < 4.78 is 10.9. The highest BCUT2D eigenvalue weighted by Gasteiger charge is 2.07. The number of benzene rings is 2. The fourth-order valence-electron chi connectivity index (χ4n) is 1.68. The summed E-state index contributed by atoms with van der Waals surface area (Å²) in [5, 5.41) is 10.3. The second kappa shape index (κ2) is 7.90. The van der Waals surface area contributed by atoms with E-state index in [-0.39, 0.29) is 13.2 Å². The molecule has 0 aromatic heterocycles. The quantitative estimate of drug-likeness (QED) is 0.851. The van der Waals surface area contributed by atoms with Crippen molar-refractivity contribution in [1.82, 2.24) is 0 Å². The molecule has 0 heterocycles. The number of para-hydroxylation sites is 1. The molecule has 0 radical (unpaired) electrons. The standard InChI is InChI=1S/C16H17ClO3/c17-15-8-4-5-9-16(15)20-12-14(18)11-19-10-13-6-2-1-3-7-13/h1-9,14,18H,10-12H2/t14-/m0/s1. The van der Waals surface area contributed by atoms with Crippen LogP contribution in [-0.4, -0.2) is 24.4 Å². The topological polar surface area (TPSA) is 38.7 Å². The number of aliphatic hydroxyl groups is 1. The lowest BCUT2D eigenvalue weighted by molar-refractivity contribution is 0.00551. The van der Waals surface area contributed by atoms with Crippen molar-refractivity contribution in [1.29, 1.82) is 0 Å². The van der Waals surface area contributed by atoms with Gasteiger partial charge in [-0.15, -0.1) is 0 Å². The summed E-state index contributed by atoms with van der Waals surface area (Å²) in [7, 11) is 0. The van der Waals surface area contributed by atoms with Gasteiger partial charge in [-0.25, -0.2) is 0 Å². The molecule has 0 aliphatic carbocycles. The molecule has 20 heavy (non-hydrogen) atoms. The molecule has 0 aliphatic rings. The SMILES string of the molecule is O[C@@H](COCc1ccccc1)COc1ccccc1Cl. The van der Waals surface area contributed by atoms with Gasteiger partial charge < -0.3 is 14.6 Å². The maximum Gasteiger partial charge on any atom is 0.138 e. The van der Waals surface area contributed by atoms with Crippen molar-refractivity contribution in [3.05, 3.63) is 65.2 Å². The van der Waals surface area contributed by atoms with Gasteiger partial charge >= 0.3 is 0 Å². The summed E-state index contributed by atoms with van der Waals surface area (Å²) in [4.78, 5) is 0. The second-order valence-electron chi connectivity index (χ2n) is 4.40. The zero-order chi connectivity index (χ0) is 14.2. The van der Waals surface area contributed by atoms with Gasteiger partial charge in [-0.3, -0.25) is 0 Å². The molecule has 0 unspecified atom stereocenters. The molecule has 1 N–H and O–H groups in total. The maximum atomic E-state index is 9.79.